The average molecular weight is 294 g/mol. The van der Waals surface area contributed by atoms with Gasteiger partial charge < -0.3 is 10.6 Å². The lowest BCUT2D eigenvalue weighted by Gasteiger charge is -2.01. The van der Waals surface area contributed by atoms with Crippen molar-refractivity contribution in [2.24, 2.45) is 0 Å². The molecule has 0 unspecified atom stereocenters. The summed E-state index contributed by atoms with van der Waals surface area (Å²) in [4.78, 5) is 30.3. The first-order valence-electron chi connectivity index (χ1n) is 6.56. The summed E-state index contributed by atoms with van der Waals surface area (Å²) in [6.07, 6.45) is 4.35. The number of hydrogen-bond acceptors (Lipinski definition) is 4. The van der Waals surface area contributed by atoms with Crippen molar-refractivity contribution in [1.82, 2.24) is 15.3 Å². The number of anilines is 1. The summed E-state index contributed by atoms with van der Waals surface area (Å²) < 4.78 is 0. The topological polar surface area (TPSA) is 84.0 Å². The van der Waals surface area contributed by atoms with Gasteiger partial charge in [-0.05, 0) is 24.3 Å². The Kier molecular flexibility index (Phi) is 5.21. The number of hydrogen-bond donors (Lipinski definition) is 2. The van der Waals surface area contributed by atoms with Gasteiger partial charge >= 0.3 is 0 Å². The van der Waals surface area contributed by atoms with Crippen LogP contribution in [0.1, 0.15) is 23.0 Å². The van der Waals surface area contributed by atoms with Gasteiger partial charge in [-0.2, -0.15) is 0 Å². The predicted octanol–water partition coefficient (Wildman–Crippen LogP) is 1.22. The van der Waals surface area contributed by atoms with Crippen LogP contribution in [0.15, 0.2) is 42.9 Å². The molecule has 2 amide bonds. The number of nitrogens with zero attached hydrogens (tertiary/aromatic N) is 2. The van der Waals surface area contributed by atoms with Crippen molar-refractivity contribution in [2.75, 3.05) is 11.9 Å². The lowest BCUT2D eigenvalue weighted by Crippen LogP contribution is -2.24. The molecule has 2 aromatic rings. The lowest BCUT2D eigenvalue weighted by molar-refractivity contribution is -0.114. The molecule has 6 nitrogen and oxygen atoms in total. The number of benzene rings is 1. The molecule has 2 N–H and O–H groups in total. The minimum Gasteiger partial charge on any atom is -0.340 e. The summed E-state index contributed by atoms with van der Waals surface area (Å²) in [5, 5.41) is 5.31. The van der Waals surface area contributed by atoms with Crippen LogP contribution in [0.3, 0.4) is 0 Å². The van der Waals surface area contributed by atoms with Crippen LogP contribution in [0.4, 0.5) is 5.69 Å². The zero-order chi connectivity index (χ0) is 15.8. The maximum Gasteiger partial charge on any atom is 0.272 e. The lowest BCUT2D eigenvalue weighted by atomic mass is 10.2. The van der Waals surface area contributed by atoms with E-state index < -0.39 is 0 Å². The van der Waals surface area contributed by atoms with Crippen molar-refractivity contribution in [1.29, 1.82) is 0 Å². The molecular weight excluding hydrogens is 280 g/mol. The molecule has 1 heterocycles. The molecule has 0 aliphatic carbocycles. The van der Waals surface area contributed by atoms with Gasteiger partial charge in [0.25, 0.3) is 5.91 Å². The first-order valence-corrected chi connectivity index (χ1v) is 6.56. The molecule has 0 fully saturated rings. The van der Waals surface area contributed by atoms with E-state index in [0.717, 1.165) is 5.56 Å². The van der Waals surface area contributed by atoms with E-state index in [0.29, 0.717) is 5.69 Å². The van der Waals surface area contributed by atoms with Gasteiger partial charge in [0.2, 0.25) is 5.91 Å². The molecule has 22 heavy (non-hydrogen) atoms. The number of rotatable bonds is 3. The van der Waals surface area contributed by atoms with Gasteiger partial charge in [-0.1, -0.05) is 11.8 Å². The van der Waals surface area contributed by atoms with Gasteiger partial charge in [-0.25, -0.2) is 4.98 Å². The fraction of sp³-hybridized carbons (Fsp3) is 0.125. The number of aromatic nitrogens is 2. The highest BCUT2D eigenvalue weighted by atomic mass is 16.2. The molecule has 0 bridgehead atoms. The summed E-state index contributed by atoms with van der Waals surface area (Å²) in [5.74, 6) is 5.33. The van der Waals surface area contributed by atoms with Crippen molar-refractivity contribution < 1.29 is 9.59 Å². The van der Waals surface area contributed by atoms with Crippen LogP contribution >= 0.6 is 0 Å². The molecule has 0 atom stereocenters. The Morgan fingerprint density at radius 2 is 1.95 bits per heavy atom. The van der Waals surface area contributed by atoms with Crippen LogP contribution in [0, 0.1) is 11.8 Å². The predicted molar refractivity (Wildman–Crippen MR) is 82.0 cm³/mol. The van der Waals surface area contributed by atoms with Crippen LogP contribution in [0.2, 0.25) is 0 Å². The van der Waals surface area contributed by atoms with E-state index in [1.807, 2.05) is 0 Å². The summed E-state index contributed by atoms with van der Waals surface area (Å²) in [5.41, 5.74) is 1.76. The van der Waals surface area contributed by atoms with Gasteiger partial charge in [0, 0.05) is 30.6 Å². The monoisotopic (exact) mass is 294 g/mol. The molecule has 6 heteroatoms. The summed E-state index contributed by atoms with van der Waals surface area (Å²) in [6.45, 7) is 1.66. The SMILES string of the molecule is CC(=O)Nc1ccc(C#CCNC(=O)c2cnccn2)cc1. The molecule has 1 aromatic heterocycles. The normalized spacial score (nSPS) is 9.32. The van der Waals surface area contributed by atoms with E-state index in [-0.39, 0.29) is 24.1 Å². The third kappa shape index (κ3) is 4.72. The minimum atomic E-state index is -0.316. The zero-order valence-corrected chi connectivity index (χ0v) is 12.0. The fourth-order valence-corrected chi connectivity index (χ4v) is 1.62. The quantitative estimate of drug-likeness (QED) is 0.834. The highest BCUT2D eigenvalue weighted by Gasteiger charge is 2.03. The van der Waals surface area contributed by atoms with Gasteiger partial charge in [0.15, 0.2) is 0 Å². The van der Waals surface area contributed by atoms with E-state index in [4.69, 9.17) is 0 Å². The number of carbonyl (C=O) groups excluding carboxylic acids is 2. The van der Waals surface area contributed by atoms with Crippen molar-refractivity contribution in [3.05, 3.63) is 54.1 Å². The molecule has 0 spiro atoms. The summed E-state index contributed by atoms with van der Waals surface area (Å²) >= 11 is 0. The summed E-state index contributed by atoms with van der Waals surface area (Å²) in [7, 11) is 0. The Bertz CT molecular complexity index is 715. The Labute approximate surface area is 128 Å². The van der Waals surface area contributed by atoms with Gasteiger partial charge in [0.1, 0.15) is 5.69 Å². The van der Waals surface area contributed by atoms with Crippen LogP contribution in [0.25, 0.3) is 0 Å². The Balaban J connectivity index is 1.86. The van der Waals surface area contributed by atoms with Gasteiger partial charge in [-0.15, -0.1) is 0 Å². The van der Waals surface area contributed by atoms with E-state index in [1.54, 1.807) is 24.3 Å². The van der Waals surface area contributed by atoms with Crippen molar-refractivity contribution in [3.63, 3.8) is 0 Å². The molecule has 0 saturated heterocycles. The molecule has 0 radical (unpaired) electrons. The molecule has 1 aromatic carbocycles. The highest BCUT2D eigenvalue weighted by molar-refractivity contribution is 5.92. The third-order valence-electron chi connectivity index (χ3n) is 2.57. The maximum atomic E-state index is 11.7. The van der Waals surface area contributed by atoms with Crippen LogP contribution < -0.4 is 10.6 Å². The van der Waals surface area contributed by atoms with Crippen molar-refractivity contribution in [2.45, 2.75) is 6.92 Å². The Morgan fingerprint density at radius 3 is 2.59 bits per heavy atom. The van der Waals surface area contributed by atoms with E-state index in [9.17, 15) is 9.59 Å². The van der Waals surface area contributed by atoms with Crippen LogP contribution in [-0.4, -0.2) is 28.3 Å². The Hall–Kier alpha value is -3.20. The highest BCUT2D eigenvalue weighted by Crippen LogP contribution is 2.08. The van der Waals surface area contributed by atoms with Crippen LogP contribution in [0.5, 0.6) is 0 Å². The maximum absolute atomic E-state index is 11.7. The van der Waals surface area contributed by atoms with E-state index in [2.05, 4.69) is 32.4 Å². The first kappa shape index (κ1) is 15.2. The van der Waals surface area contributed by atoms with Gasteiger partial charge in [0.05, 0.1) is 12.7 Å². The largest absolute Gasteiger partial charge is 0.340 e. The molecule has 0 aliphatic rings. The first-order chi connectivity index (χ1) is 10.6. The van der Waals surface area contributed by atoms with Crippen molar-refractivity contribution in [3.8, 4) is 11.8 Å². The molecule has 2 rings (SSSR count). The van der Waals surface area contributed by atoms with Crippen molar-refractivity contribution >= 4 is 17.5 Å². The molecular formula is C16H14N4O2. The second kappa shape index (κ2) is 7.55. The molecule has 0 aliphatic heterocycles. The number of amides is 2. The third-order valence-corrected chi connectivity index (χ3v) is 2.57. The minimum absolute atomic E-state index is 0.120. The van der Waals surface area contributed by atoms with E-state index in [1.165, 1.54) is 25.5 Å². The standard InChI is InChI=1S/C16H14N4O2/c1-12(21)20-14-6-4-13(5-7-14)3-2-8-19-16(22)15-11-17-9-10-18-15/h4-7,9-11H,8H2,1H3,(H,19,22)(H,20,21). The van der Waals surface area contributed by atoms with Crippen LogP contribution in [-0.2, 0) is 4.79 Å². The summed E-state index contributed by atoms with van der Waals surface area (Å²) in [6, 6.07) is 7.12. The molecule has 0 saturated carbocycles. The fourth-order valence-electron chi connectivity index (χ4n) is 1.62. The smallest absolute Gasteiger partial charge is 0.272 e. The zero-order valence-electron chi connectivity index (χ0n) is 12.0. The number of carbonyl (C=O) groups is 2. The van der Waals surface area contributed by atoms with Gasteiger partial charge in [-0.3, -0.25) is 14.6 Å². The number of nitrogens with one attached hydrogen (secondary N) is 2. The second-order valence-electron chi connectivity index (χ2n) is 4.33. The molecule has 110 valence electrons. The van der Waals surface area contributed by atoms with E-state index >= 15 is 0 Å². The second-order valence-corrected chi connectivity index (χ2v) is 4.33. The average Bonchev–Trinajstić information content (AvgIpc) is 2.53. The Morgan fingerprint density at radius 1 is 1.18 bits per heavy atom.